The van der Waals surface area contributed by atoms with E-state index in [1.165, 1.54) is 22.4 Å². The summed E-state index contributed by atoms with van der Waals surface area (Å²) < 4.78 is 0. The molecule has 2 aromatic rings. The largest absolute Gasteiger partial charge is 0.340 e. The average molecular weight is 268 g/mol. The zero-order valence-electron chi connectivity index (χ0n) is 12.2. The number of rotatable bonds is 2. The maximum atomic E-state index is 4.59. The highest BCUT2D eigenvalue weighted by Crippen LogP contribution is 2.26. The van der Waals surface area contributed by atoms with Crippen LogP contribution < -0.4 is 10.6 Å². The van der Waals surface area contributed by atoms with E-state index in [1.807, 2.05) is 6.92 Å². The lowest BCUT2D eigenvalue weighted by atomic mass is 10.1. The van der Waals surface area contributed by atoms with E-state index in [2.05, 4.69) is 52.6 Å². The molecular formula is C16H20N4. The molecule has 0 unspecified atom stereocenters. The van der Waals surface area contributed by atoms with Crippen LogP contribution in [-0.4, -0.2) is 16.5 Å². The fraction of sp³-hybridized carbons (Fsp3) is 0.375. The Kier molecular flexibility index (Phi) is 3.40. The molecule has 2 heterocycles. The monoisotopic (exact) mass is 268 g/mol. The number of nitrogens with one attached hydrogen (secondary N) is 2. The van der Waals surface area contributed by atoms with E-state index >= 15 is 0 Å². The van der Waals surface area contributed by atoms with Gasteiger partial charge in [0.2, 0.25) is 0 Å². The number of benzene rings is 1. The summed E-state index contributed by atoms with van der Waals surface area (Å²) in [6.45, 7) is 8.00. The van der Waals surface area contributed by atoms with Crippen LogP contribution >= 0.6 is 0 Å². The van der Waals surface area contributed by atoms with Gasteiger partial charge in [-0.25, -0.2) is 9.97 Å². The molecule has 20 heavy (non-hydrogen) atoms. The zero-order chi connectivity index (χ0) is 14.1. The van der Waals surface area contributed by atoms with Crippen molar-refractivity contribution in [3.05, 3.63) is 46.4 Å². The Labute approximate surface area is 119 Å². The van der Waals surface area contributed by atoms with E-state index in [1.54, 1.807) is 0 Å². The number of hydrogen-bond acceptors (Lipinski definition) is 4. The van der Waals surface area contributed by atoms with E-state index in [9.17, 15) is 0 Å². The van der Waals surface area contributed by atoms with Crippen LogP contribution in [-0.2, 0) is 13.0 Å². The van der Waals surface area contributed by atoms with E-state index < -0.39 is 0 Å². The molecule has 1 aromatic carbocycles. The van der Waals surface area contributed by atoms with Crippen LogP contribution in [0.25, 0.3) is 0 Å². The molecule has 1 aliphatic heterocycles. The van der Waals surface area contributed by atoms with Crippen molar-refractivity contribution in [3.63, 3.8) is 0 Å². The number of aryl methyl sites for hydroxylation is 3. The third-order valence-corrected chi connectivity index (χ3v) is 3.69. The van der Waals surface area contributed by atoms with Gasteiger partial charge in [-0.15, -0.1) is 0 Å². The van der Waals surface area contributed by atoms with Crippen molar-refractivity contribution in [3.8, 4) is 0 Å². The number of fused-ring (bicyclic) bond motifs is 1. The molecule has 4 heteroatoms. The Morgan fingerprint density at radius 1 is 1.15 bits per heavy atom. The highest BCUT2D eigenvalue weighted by Gasteiger charge is 2.16. The van der Waals surface area contributed by atoms with Crippen molar-refractivity contribution in [1.29, 1.82) is 0 Å². The van der Waals surface area contributed by atoms with Gasteiger partial charge in [-0.1, -0.05) is 12.1 Å². The lowest BCUT2D eigenvalue weighted by Crippen LogP contribution is -2.26. The van der Waals surface area contributed by atoms with Crippen LogP contribution in [0.2, 0.25) is 0 Å². The van der Waals surface area contributed by atoms with Gasteiger partial charge in [0.1, 0.15) is 11.6 Å². The molecule has 0 amide bonds. The van der Waals surface area contributed by atoms with Gasteiger partial charge in [0.25, 0.3) is 0 Å². The van der Waals surface area contributed by atoms with Gasteiger partial charge >= 0.3 is 0 Å². The van der Waals surface area contributed by atoms with Gasteiger partial charge in [0, 0.05) is 30.8 Å². The second kappa shape index (κ2) is 5.21. The van der Waals surface area contributed by atoms with Crippen molar-refractivity contribution in [1.82, 2.24) is 15.3 Å². The first-order chi connectivity index (χ1) is 9.63. The fourth-order valence-corrected chi connectivity index (χ4v) is 2.57. The highest BCUT2D eigenvalue weighted by molar-refractivity contribution is 5.64. The van der Waals surface area contributed by atoms with Crippen LogP contribution in [0.3, 0.4) is 0 Å². The second-order valence-corrected chi connectivity index (χ2v) is 5.41. The molecule has 104 valence electrons. The fourth-order valence-electron chi connectivity index (χ4n) is 2.57. The second-order valence-electron chi connectivity index (χ2n) is 5.41. The summed E-state index contributed by atoms with van der Waals surface area (Å²) in [6.07, 6.45) is 0.972. The molecular weight excluding hydrogens is 248 g/mol. The smallest absolute Gasteiger partial charge is 0.138 e. The number of anilines is 2. The standard InChI is InChI=1S/C16H20N4/c1-10-4-5-11(2)15(8-10)20-16-13-9-17-7-6-14(13)18-12(3)19-16/h4-5,8,17H,6-7,9H2,1-3H3,(H,18,19,20). The summed E-state index contributed by atoms with van der Waals surface area (Å²) in [7, 11) is 0. The van der Waals surface area contributed by atoms with Gasteiger partial charge in [0.05, 0.1) is 5.69 Å². The Morgan fingerprint density at radius 3 is 2.85 bits per heavy atom. The van der Waals surface area contributed by atoms with Crippen LogP contribution in [0.5, 0.6) is 0 Å². The highest BCUT2D eigenvalue weighted by atomic mass is 15.1. The van der Waals surface area contributed by atoms with Crippen LogP contribution in [0.15, 0.2) is 18.2 Å². The van der Waals surface area contributed by atoms with Crippen molar-refractivity contribution < 1.29 is 0 Å². The van der Waals surface area contributed by atoms with Crippen molar-refractivity contribution >= 4 is 11.5 Å². The summed E-state index contributed by atoms with van der Waals surface area (Å²) in [5, 5.41) is 6.88. The molecule has 1 aliphatic rings. The van der Waals surface area contributed by atoms with Gasteiger partial charge in [-0.2, -0.15) is 0 Å². The van der Waals surface area contributed by atoms with E-state index in [-0.39, 0.29) is 0 Å². The predicted octanol–water partition coefficient (Wildman–Crippen LogP) is 2.79. The molecule has 3 rings (SSSR count). The van der Waals surface area contributed by atoms with Crippen LogP contribution in [0.4, 0.5) is 11.5 Å². The quantitative estimate of drug-likeness (QED) is 0.879. The predicted molar refractivity (Wildman–Crippen MR) is 81.4 cm³/mol. The molecule has 4 nitrogen and oxygen atoms in total. The first-order valence-electron chi connectivity index (χ1n) is 7.05. The average Bonchev–Trinajstić information content (AvgIpc) is 2.43. The Hall–Kier alpha value is -1.94. The van der Waals surface area contributed by atoms with E-state index in [0.717, 1.165) is 36.8 Å². The topological polar surface area (TPSA) is 49.8 Å². The molecule has 1 aromatic heterocycles. The SMILES string of the molecule is Cc1ccc(C)c(Nc2nc(C)nc3c2CNCC3)c1. The number of nitrogens with zero attached hydrogens (tertiary/aromatic N) is 2. The summed E-state index contributed by atoms with van der Waals surface area (Å²) in [4.78, 5) is 9.16. The maximum Gasteiger partial charge on any atom is 0.138 e. The Balaban J connectivity index is 2.02. The summed E-state index contributed by atoms with van der Waals surface area (Å²) >= 11 is 0. The third kappa shape index (κ3) is 2.51. The zero-order valence-corrected chi connectivity index (χ0v) is 12.2. The van der Waals surface area contributed by atoms with Gasteiger partial charge in [0.15, 0.2) is 0 Å². The summed E-state index contributed by atoms with van der Waals surface area (Å²) in [5.41, 5.74) is 5.96. The van der Waals surface area contributed by atoms with Gasteiger partial charge < -0.3 is 10.6 Å². The van der Waals surface area contributed by atoms with Crippen LogP contribution in [0, 0.1) is 20.8 Å². The molecule has 0 atom stereocenters. The van der Waals surface area contributed by atoms with Crippen molar-refractivity contribution in [2.24, 2.45) is 0 Å². The Bertz CT molecular complexity index is 649. The van der Waals surface area contributed by atoms with Crippen molar-refractivity contribution in [2.75, 3.05) is 11.9 Å². The lowest BCUT2D eigenvalue weighted by molar-refractivity contribution is 0.625. The van der Waals surface area contributed by atoms with Crippen molar-refractivity contribution in [2.45, 2.75) is 33.7 Å². The molecule has 2 N–H and O–H groups in total. The molecule has 0 fully saturated rings. The minimum Gasteiger partial charge on any atom is -0.340 e. The lowest BCUT2D eigenvalue weighted by Gasteiger charge is -2.20. The molecule has 0 saturated carbocycles. The normalized spacial score (nSPS) is 13.9. The molecule has 0 saturated heterocycles. The summed E-state index contributed by atoms with van der Waals surface area (Å²) in [6, 6.07) is 6.43. The minimum atomic E-state index is 0.832. The van der Waals surface area contributed by atoms with Gasteiger partial charge in [-0.05, 0) is 38.0 Å². The Morgan fingerprint density at radius 2 is 2.00 bits per heavy atom. The molecule has 0 spiro atoms. The minimum absolute atomic E-state index is 0.832. The number of hydrogen-bond donors (Lipinski definition) is 2. The summed E-state index contributed by atoms with van der Waals surface area (Å²) in [5.74, 6) is 1.77. The van der Waals surface area contributed by atoms with E-state index in [0.29, 0.717) is 0 Å². The first-order valence-corrected chi connectivity index (χ1v) is 7.05. The maximum absolute atomic E-state index is 4.59. The number of aromatic nitrogens is 2. The molecule has 0 aliphatic carbocycles. The van der Waals surface area contributed by atoms with Crippen LogP contribution in [0.1, 0.15) is 28.2 Å². The first kappa shape index (κ1) is 13.1. The molecule has 0 radical (unpaired) electrons. The van der Waals surface area contributed by atoms with E-state index in [4.69, 9.17) is 0 Å². The third-order valence-electron chi connectivity index (χ3n) is 3.69. The van der Waals surface area contributed by atoms with Gasteiger partial charge in [-0.3, -0.25) is 0 Å². The molecule has 0 bridgehead atoms.